The van der Waals surface area contributed by atoms with E-state index in [4.69, 9.17) is 14.5 Å². The Kier molecular flexibility index (Phi) is 8.19. The number of hydrogen-bond acceptors (Lipinski definition) is 5. The van der Waals surface area contributed by atoms with Gasteiger partial charge in [0.15, 0.2) is 17.5 Å². The van der Waals surface area contributed by atoms with Crippen LogP contribution >= 0.6 is 0 Å². The van der Waals surface area contributed by atoms with E-state index in [-0.39, 0.29) is 12.0 Å². The lowest BCUT2D eigenvalue weighted by molar-refractivity contribution is -0.122. The van der Waals surface area contributed by atoms with Crippen LogP contribution < -0.4 is 20.1 Å². The maximum Gasteiger partial charge on any atom is 0.234 e. The molecule has 1 saturated carbocycles. The number of carbonyl (C=O) groups excluding carboxylic acids is 1. The molecule has 1 atom stereocenters. The fraction of sp³-hybridized carbons (Fsp3) is 0.636. The fourth-order valence-electron chi connectivity index (χ4n) is 3.43. The standard InChI is InChI=1S/C22H35N5O3/c1-4-23-22(24-15-17(2)30-20-8-6-5-7-19(20)29-3)27-13-11-26(12-14-27)16-21(28)25-18-9-10-18/h5-8,17-18H,4,9-16H2,1-3H3,(H,23,24)(H,25,28). The summed E-state index contributed by atoms with van der Waals surface area (Å²) in [6.07, 6.45) is 2.17. The van der Waals surface area contributed by atoms with Crippen molar-refractivity contribution < 1.29 is 14.3 Å². The Morgan fingerprint density at radius 1 is 1.20 bits per heavy atom. The second-order valence-corrected chi connectivity index (χ2v) is 7.88. The summed E-state index contributed by atoms with van der Waals surface area (Å²) in [5.74, 6) is 2.50. The van der Waals surface area contributed by atoms with Gasteiger partial charge in [-0.25, -0.2) is 4.99 Å². The highest BCUT2D eigenvalue weighted by molar-refractivity contribution is 5.80. The Balaban J connectivity index is 1.48. The largest absolute Gasteiger partial charge is 0.493 e. The SMILES string of the molecule is CCNC(=NCC(C)Oc1ccccc1OC)N1CCN(CC(=O)NC2CC2)CC1. The van der Waals surface area contributed by atoms with E-state index in [2.05, 4.69) is 27.4 Å². The van der Waals surface area contributed by atoms with E-state index in [1.165, 1.54) is 0 Å². The van der Waals surface area contributed by atoms with Crippen LogP contribution in [-0.4, -0.2) is 86.7 Å². The predicted octanol–water partition coefficient (Wildman–Crippen LogP) is 1.32. The van der Waals surface area contributed by atoms with E-state index in [1.807, 2.05) is 31.2 Å². The van der Waals surface area contributed by atoms with Crippen LogP contribution in [0.4, 0.5) is 0 Å². The molecule has 1 unspecified atom stereocenters. The van der Waals surface area contributed by atoms with Gasteiger partial charge < -0.3 is 25.0 Å². The number of methoxy groups -OCH3 is 1. The van der Waals surface area contributed by atoms with E-state index in [9.17, 15) is 4.79 Å². The fourth-order valence-corrected chi connectivity index (χ4v) is 3.43. The zero-order valence-corrected chi connectivity index (χ0v) is 18.4. The molecule has 0 bridgehead atoms. The molecule has 2 aliphatic rings. The number of amides is 1. The second-order valence-electron chi connectivity index (χ2n) is 7.88. The van der Waals surface area contributed by atoms with Crippen LogP contribution in [0.2, 0.25) is 0 Å². The number of rotatable bonds is 9. The molecular weight excluding hydrogens is 382 g/mol. The second kappa shape index (κ2) is 11.1. The predicted molar refractivity (Wildman–Crippen MR) is 118 cm³/mol. The van der Waals surface area contributed by atoms with Gasteiger partial charge in [0, 0.05) is 38.8 Å². The minimum Gasteiger partial charge on any atom is -0.493 e. The molecule has 166 valence electrons. The number of benzene rings is 1. The number of guanidine groups is 1. The van der Waals surface area contributed by atoms with Crippen molar-refractivity contribution in [2.45, 2.75) is 38.8 Å². The highest BCUT2D eigenvalue weighted by Gasteiger charge is 2.26. The molecule has 30 heavy (non-hydrogen) atoms. The first-order chi connectivity index (χ1) is 14.6. The third-order valence-corrected chi connectivity index (χ3v) is 5.21. The molecule has 0 aromatic heterocycles. The minimum atomic E-state index is -0.0811. The summed E-state index contributed by atoms with van der Waals surface area (Å²) in [5, 5.41) is 6.45. The lowest BCUT2D eigenvalue weighted by Crippen LogP contribution is -2.54. The van der Waals surface area contributed by atoms with Crippen molar-refractivity contribution in [2.24, 2.45) is 4.99 Å². The van der Waals surface area contributed by atoms with E-state index < -0.39 is 0 Å². The number of nitrogens with zero attached hydrogens (tertiary/aromatic N) is 3. The number of piperazine rings is 1. The molecular formula is C22H35N5O3. The molecule has 1 aliphatic carbocycles. The van der Waals surface area contributed by atoms with Crippen LogP contribution in [0.15, 0.2) is 29.3 Å². The maximum atomic E-state index is 12.0. The van der Waals surface area contributed by atoms with Gasteiger partial charge in [-0.2, -0.15) is 0 Å². The lowest BCUT2D eigenvalue weighted by atomic mass is 10.3. The van der Waals surface area contributed by atoms with Crippen LogP contribution in [0, 0.1) is 0 Å². The number of carbonyl (C=O) groups is 1. The molecule has 1 amide bonds. The van der Waals surface area contributed by atoms with Crippen molar-refractivity contribution in [3.8, 4) is 11.5 Å². The van der Waals surface area contributed by atoms with E-state index >= 15 is 0 Å². The molecule has 1 aromatic carbocycles. The van der Waals surface area contributed by atoms with Gasteiger partial charge in [-0.05, 0) is 38.8 Å². The van der Waals surface area contributed by atoms with Gasteiger partial charge in [0.2, 0.25) is 5.91 Å². The monoisotopic (exact) mass is 417 g/mol. The molecule has 8 nitrogen and oxygen atoms in total. The summed E-state index contributed by atoms with van der Waals surface area (Å²) in [5.41, 5.74) is 0. The van der Waals surface area contributed by atoms with Crippen LogP contribution in [0.25, 0.3) is 0 Å². The van der Waals surface area contributed by atoms with Gasteiger partial charge in [-0.3, -0.25) is 9.69 Å². The average molecular weight is 418 g/mol. The van der Waals surface area contributed by atoms with Gasteiger partial charge >= 0.3 is 0 Å². The zero-order valence-electron chi connectivity index (χ0n) is 18.4. The van der Waals surface area contributed by atoms with Crippen molar-refractivity contribution in [2.75, 3.05) is 52.9 Å². The van der Waals surface area contributed by atoms with Crippen molar-refractivity contribution in [1.29, 1.82) is 0 Å². The summed E-state index contributed by atoms with van der Waals surface area (Å²) in [4.78, 5) is 21.3. The number of aliphatic imine (C=N–C) groups is 1. The topological polar surface area (TPSA) is 78.4 Å². The molecule has 1 aliphatic heterocycles. The number of nitrogens with one attached hydrogen (secondary N) is 2. The molecule has 2 fully saturated rings. The van der Waals surface area contributed by atoms with Crippen LogP contribution in [0.3, 0.4) is 0 Å². The first-order valence-corrected chi connectivity index (χ1v) is 10.9. The Morgan fingerprint density at radius 2 is 1.90 bits per heavy atom. The normalized spacial score (nSPS) is 18.6. The van der Waals surface area contributed by atoms with E-state index in [1.54, 1.807) is 7.11 Å². The molecule has 8 heteroatoms. The Hall–Kier alpha value is -2.48. The third-order valence-electron chi connectivity index (χ3n) is 5.21. The Morgan fingerprint density at radius 3 is 2.53 bits per heavy atom. The van der Waals surface area contributed by atoms with Gasteiger partial charge in [-0.15, -0.1) is 0 Å². The average Bonchev–Trinajstić information content (AvgIpc) is 3.56. The quantitative estimate of drug-likeness (QED) is 0.466. The zero-order chi connectivity index (χ0) is 21.3. The van der Waals surface area contributed by atoms with Gasteiger partial charge in [0.25, 0.3) is 0 Å². The van der Waals surface area contributed by atoms with Crippen molar-refractivity contribution in [1.82, 2.24) is 20.4 Å². The lowest BCUT2D eigenvalue weighted by Gasteiger charge is -2.36. The Labute approximate surface area is 179 Å². The van der Waals surface area contributed by atoms with Crippen molar-refractivity contribution in [3.05, 3.63) is 24.3 Å². The first-order valence-electron chi connectivity index (χ1n) is 10.9. The summed E-state index contributed by atoms with van der Waals surface area (Å²) in [6.45, 7) is 9.34. The molecule has 2 N–H and O–H groups in total. The highest BCUT2D eigenvalue weighted by Crippen LogP contribution is 2.26. The number of hydrogen-bond donors (Lipinski definition) is 2. The summed E-state index contributed by atoms with van der Waals surface area (Å²) >= 11 is 0. The van der Waals surface area contributed by atoms with Crippen LogP contribution in [-0.2, 0) is 4.79 Å². The maximum absolute atomic E-state index is 12.0. The minimum absolute atomic E-state index is 0.0811. The smallest absolute Gasteiger partial charge is 0.234 e. The number of ether oxygens (including phenoxy) is 2. The van der Waals surface area contributed by atoms with Gasteiger partial charge in [0.05, 0.1) is 20.2 Å². The van der Waals surface area contributed by atoms with Gasteiger partial charge in [-0.1, -0.05) is 12.1 Å². The molecule has 3 rings (SSSR count). The molecule has 0 radical (unpaired) electrons. The number of para-hydroxylation sites is 2. The highest BCUT2D eigenvalue weighted by atomic mass is 16.5. The van der Waals surface area contributed by atoms with Crippen molar-refractivity contribution >= 4 is 11.9 Å². The van der Waals surface area contributed by atoms with Crippen molar-refractivity contribution in [3.63, 3.8) is 0 Å². The molecule has 1 heterocycles. The Bertz CT molecular complexity index is 714. The molecule has 1 aromatic rings. The molecule has 0 spiro atoms. The first kappa shape index (κ1) is 22.2. The van der Waals surface area contributed by atoms with E-state index in [0.29, 0.717) is 19.1 Å². The van der Waals surface area contributed by atoms with Crippen LogP contribution in [0.5, 0.6) is 11.5 Å². The molecule has 1 saturated heterocycles. The van der Waals surface area contributed by atoms with E-state index in [0.717, 1.165) is 63.0 Å². The summed E-state index contributed by atoms with van der Waals surface area (Å²) < 4.78 is 11.4. The van der Waals surface area contributed by atoms with Crippen LogP contribution in [0.1, 0.15) is 26.7 Å². The van der Waals surface area contributed by atoms with Gasteiger partial charge in [0.1, 0.15) is 6.10 Å². The summed E-state index contributed by atoms with van der Waals surface area (Å²) in [7, 11) is 1.64. The third kappa shape index (κ3) is 6.79. The summed E-state index contributed by atoms with van der Waals surface area (Å²) in [6, 6.07) is 8.07.